The summed E-state index contributed by atoms with van der Waals surface area (Å²) in [6, 6.07) is 15.3. The summed E-state index contributed by atoms with van der Waals surface area (Å²) in [4.78, 5) is 22.1. The van der Waals surface area contributed by atoms with E-state index in [9.17, 15) is 13.2 Å². The molecule has 2 heterocycles. The van der Waals surface area contributed by atoms with Crippen molar-refractivity contribution in [1.29, 1.82) is 0 Å². The highest BCUT2D eigenvalue weighted by atomic mass is 32.2. The van der Waals surface area contributed by atoms with Gasteiger partial charge in [0.15, 0.2) is 9.84 Å². The van der Waals surface area contributed by atoms with Gasteiger partial charge in [-0.1, -0.05) is 6.07 Å². The molecule has 1 atom stereocenters. The average molecular weight is 468 g/mol. The summed E-state index contributed by atoms with van der Waals surface area (Å²) in [7, 11) is -0.0294. The highest BCUT2D eigenvalue weighted by molar-refractivity contribution is 7.90. The van der Waals surface area contributed by atoms with E-state index in [1.54, 1.807) is 44.4 Å². The predicted molar refractivity (Wildman–Crippen MR) is 126 cm³/mol. The molecule has 1 aromatic heterocycles. The number of carbonyl (C=O) groups is 1. The molecule has 1 amide bonds. The number of ether oxygens (including phenoxy) is 2. The maximum Gasteiger partial charge on any atom is 0.253 e. The number of H-pyrrole nitrogens is 1. The molecule has 33 heavy (non-hydrogen) atoms. The number of aromatic nitrogens is 1. The van der Waals surface area contributed by atoms with Crippen LogP contribution in [0.15, 0.2) is 64.5 Å². The number of benzene rings is 2. The minimum absolute atomic E-state index is 0.107. The standard InChI is InChI=1S/C24H25N3O5S/c1-15-14-31-23(25-15)22-9-8-21(26-22)16-10-17(24(28)27(2)3)12-19(11-16)32-18-6-5-7-20(13-18)33(4,29)30/h5-13,15,26H,14H2,1-4H3/t15-/m1/s1. The van der Waals surface area contributed by atoms with Crippen LogP contribution in [0.5, 0.6) is 11.5 Å². The van der Waals surface area contributed by atoms with Gasteiger partial charge in [0.1, 0.15) is 23.8 Å². The Labute approximate surface area is 192 Å². The molecule has 0 saturated carbocycles. The van der Waals surface area contributed by atoms with Gasteiger partial charge >= 0.3 is 0 Å². The molecule has 1 N–H and O–H groups in total. The number of aliphatic imine (C=N–C) groups is 1. The van der Waals surface area contributed by atoms with Gasteiger partial charge < -0.3 is 19.4 Å². The number of nitrogens with one attached hydrogen (secondary N) is 1. The number of nitrogens with zero attached hydrogens (tertiary/aromatic N) is 2. The smallest absolute Gasteiger partial charge is 0.253 e. The summed E-state index contributed by atoms with van der Waals surface area (Å²) in [5.41, 5.74) is 2.68. The fourth-order valence-electron chi connectivity index (χ4n) is 3.41. The molecule has 0 bridgehead atoms. The second-order valence-electron chi connectivity index (χ2n) is 8.17. The Morgan fingerprint density at radius 2 is 1.85 bits per heavy atom. The van der Waals surface area contributed by atoms with Crippen LogP contribution in [-0.2, 0) is 14.6 Å². The molecule has 0 saturated heterocycles. The van der Waals surface area contributed by atoms with E-state index in [-0.39, 0.29) is 16.8 Å². The minimum atomic E-state index is -3.38. The largest absolute Gasteiger partial charge is 0.474 e. The molecule has 4 rings (SSSR count). The van der Waals surface area contributed by atoms with Crippen molar-refractivity contribution in [3.8, 4) is 22.8 Å². The fraction of sp³-hybridized carbons (Fsp3) is 0.250. The lowest BCUT2D eigenvalue weighted by atomic mass is 10.1. The van der Waals surface area contributed by atoms with E-state index < -0.39 is 9.84 Å². The predicted octanol–water partition coefficient (Wildman–Crippen LogP) is 3.74. The van der Waals surface area contributed by atoms with Crippen LogP contribution in [0.25, 0.3) is 11.3 Å². The van der Waals surface area contributed by atoms with Gasteiger partial charge in [-0.15, -0.1) is 0 Å². The lowest BCUT2D eigenvalue weighted by molar-refractivity contribution is 0.0827. The molecule has 1 aliphatic rings. The number of rotatable bonds is 6. The lowest BCUT2D eigenvalue weighted by Crippen LogP contribution is -2.21. The Balaban J connectivity index is 1.72. The van der Waals surface area contributed by atoms with Crippen LogP contribution >= 0.6 is 0 Å². The second-order valence-corrected chi connectivity index (χ2v) is 10.2. The van der Waals surface area contributed by atoms with Gasteiger partial charge in [0, 0.05) is 37.2 Å². The minimum Gasteiger partial charge on any atom is -0.474 e. The normalized spacial score (nSPS) is 15.6. The van der Waals surface area contributed by atoms with Crippen molar-refractivity contribution in [2.75, 3.05) is 27.0 Å². The van der Waals surface area contributed by atoms with Gasteiger partial charge in [-0.25, -0.2) is 13.4 Å². The van der Waals surface area contributed by atoms with Crippen molar-refractivity contribution in [2.24, 2.45) is 4.99 Å². The van der Waals surface area contributed by atoms with Gasteiger partial charge in [0.05, 0.1) is 10.9 Å². The number of hydrogen-bond acceptors (Lipinski definition) is 6. The Hall–Kier alpha value is -3.59. The third-order valence-electron chi connectivity index (χ3n) is 5.06. The van der Waals surface area contributed by atoms with Crippen LogP contribution in [0, 0.1) is 0 Å². The van der Waals surface area contributed by atoms with Crippen molar-refractivity contribution in [1.82, 2.24) is 9.88 Å². The molecule has 0 unspecified atom stereocenters. The van der Waals surface area contributed by atoms with E-state index in [1.165, 1.54) is 17.0 Å². The molecule has 3 aromatic rings. The van der Waals surface area contributed by atoms with Gasteiger partial charge in [-0.05, 0) is 55.5 Å². The highest BCUT2D eigenvalue weighted by Gasteiger charge is 2.19. The molecule has 2 aromatic carbocycles. The summed E-state index contributed by atoms with van der Waals surface area (Å²) in [6.45, 7) is 2.52. The monoisotopic (exact) mass is 467 g/mol. The van der Waals surface area contributed by atoms with Crippen molar-refractivity contribution in [2.45, 2.75) is 17.9 Å². The molecule has 0 spiro atoms. The van der Waals surface area contributed by atoms with Crippen LogP contribution in [0.4, 0.5) is 0 Å². The molecule has 0 radical (unpaired) electrons. The first-order chi connectivity index (χ1) is 15.6. The zero-order valence-electron chi connectivity index (χ0n) is 18.8. The topological polar surface area (TPSA) is 101 Å². The Morgan fingerprint density at radius 3 is 2.52 bits per heavy atom. The molecule has 9 heteroatoms. The van der Waals surface area contributed by atoms with Crippen molar-refractivity contribution < 1.29 is 22.7 Å². The molecule has 172 valence electrons. The second kappa shape index (κ2) is 8.74. The summed E-state index contributed by atoms with van der Waals surface area (Å²) in [6.07, 6.45) is 1.14. The third kappa shape index (κ3) is 5.09. The molecular formula is C24H25N3O5S. The SMILES string of the molecule is C[C@@H]1COC(c2ccc(-c3cc(Oc4cccc(S(C)(=O)=O)c4)cc(C(=O)N(C)C)c3)[nH]2)=N1. The molecule has 1 aliphatic heterocycles. The molecule has 0 fully saturated rings. The number of sulfone groups is 1. The van der Waals surface area contributed by atoms with Crippen molar-refractivity contribution in [3.63, 3.8) is 0 Å². The first-order valence-corrected chi connectivity index (χ1v) is 12.2. The van der Waals surface area contributed by atoms with Crippen molar-refractivity contribution >= 4 is 21.6 Å². The highest BCUT2D eigenvalue weighted by Crippen LogP contribution is 2.31. The van der Waals surface area contributed by atoms with Gasteiger partial charge in [0.25, 0.3) is 5.91 Å². The maximum absolute atomic E-state index is 12.7. The molecule has 0 aliphatic carbocycles. The van der Waals surface area contributed by atoms with E-state index in [2.05, 4.69) is 9.98 Å². The number of aromatic amines is 1. The summed E-state index contributed by atoms with van der Waals surface area (Å²) < 4.78 is 35.4. The zero-order valence-corrected chi connectivity index (χ0v) is 19.6. The van der Waals surface area contributed by atoms with Gasteiger partial charge in [-0.2, -0.15) is 0 Å². The van der Waals surface area contributed by atoms with E-state index in [0.29, 0.717) is 29.6 Å². The lowest BCUT2D eigenvalue weighted by Gasteiger charge is -2.14. The van der Waals surface area contributed by atoms with Crippen LogP contribution in [0.1, 0.15) is 23.0 Å². The zero-order chi connectivity index (χ0) is 23.8. The molecular weight excluding hydrogens is 442 g/mol. The van der Waals surface area contributed by atoms with Crippen molar-refractivity contribution in [3.05, 3.63) is 65.9 Å². The third-order valence-corrected chi connectivity index (χ3v) is 6.17. The average Bonchev–Trinajstić information content (AvgIpc) is 3.41. The Kier molecular flexibility index (Phi) is 5.99. The van der Waals surface area contributed by atoms with E-state index in [0.717, 1.165) is 23.2 Å². The Bertz CT molecular complexity index is 1340. The van der Waals surface area contributed by atoms with E-state index in [4.69, 9.17) is 9.47 Å². The van der Waals surface area contributed by atoms with Crippen LogP contribution in [-0.4, -0.2) is 63.1 Å². The van der Waals surface area contributed by atoms with E-state index >= 15 is 0 Å². The number of amides is 1. The summed E-state index contributed by atoms with van der Waals surface area (Å²) in [5, 5.41) is 0. The number of carbonyl (C=O) groups excluding carboxylic acids is 1. The number of hydrogen-bond donors (Lipinski definition) is 1. The molecule has 8 nitrogen and oxygen atoms in total. The fourth-order valence-corrected chi connectivity index (χ4v) is 4.07. The quantitative estimate of drug-likeness (QED) is 0.595. The van der Waals surface area contributed by atoms with Crippen LogP contribution < -0.4 is 4.74 Å². The van der Waals surface area contributed by atoms with Gasteiger partial charge in [0.2, 0.25) is 5.90 Å². The Morgan fingerprint density at radius 1 is 1.09 bits per heavy atom. The summed E-state index contributed by atoms with van der Waals surface area (Å²) in [5.74, 6) is 1.13. The maximum atomic E-state index is 12.7. The van der Waals surface area contributed by atoms with Crippen LogP contribution in [0.3, 0.4) is 0 Å². The van der Waals surface area contributed by atoms with E-state index in [1.807, 2.05) is 19.1 Å². The first-order valence-electron chi connectivity index (χ1n) is 10.4. The first kappa shape index (κ1) is 22.6. The van der Waals surface area contributed by atoms with Gasteiger partial charge in [-0.3, -0.25) is 4.79 Å². The summed E-state index contributed by atoms with van der Waals surface area (Å²) >= 11 is 0. The van der Waals surface area contributed by atoms with Crippen LogP contribution in [0.2, 0.25) is 0 Å².